The Kier molecular flexibility index (Phi) is 2.93. The highest BCUT2D eigenvalue weighted by atomic mass is 31.1. The van der Waals surface area contributed by atoms with Crippen LogP contribution in [0.5, 0.6) is 0 Å². The van der Waals surface area contributed by atoms with Crippen LogP contribution in [0, 0.1) is 0 Å². The molecule has 0 aliphatic heterocycles. The molecule has 0 heterocycles. The number of hydrogen-bond donors (Lipinski definition) is 0. The normalized spacial score (nSPS) is 13.4. The molecule has 0 aromatic heterocycles. The van der Waals surface area contributed by atoms with E-state index in [1.807, 2.05) is 6.92 Å². The highest BCUT2D eigenvalue weighted by Gasteiger charge is 2.01. The van der Waals surface area contributed by atoms with E-state index in [1.165, 1.54) is 0 Å². The largest absolute Gasteiger partial charge is 0.318 e. The SMILES string of the molecule is CCC(C)P(=O)=O. The van der Waals surface area contributed by atoms with Crippen molar-refractivity contribution in [2.45, 2.75) is 25.9 Å². The minimum absolute atomic E-state index is 0.144. The summed E-state index contributed by atoms with van der Waals surface area (Å²) < 4.78 is 19.9. The standard InChI is InChI=1S/C4H9O2P/c1-3-4(2)7(5)6/h4H,3H2,1-2H3. The molecule has 42 valence electrons. The lowest BCUT2D eigenvalue weighted by atomic mass is 10.4. The van der Waals surface area contributed by atoms with E-state index < -0.39 is 7.68 Å². The predicted octanol–water partition coefficient (Wildman–Crippen LogP) is 1.96. The molecule has 0 aromatic carbocycles. The topological polar surface area (TPSA) is 34.1 Å². The second kappa shape index (κ2) is 2.98. The molecule has 0 aliphatic rings. The first kappa shape index (κ1) is 6.90. The molecule has 0 N–H and O–H groups in total. The maximum Gasteiger partial charge on any atom is 0.318 e. The van der Waals surface area contributed by atoms with Gasteiger partial charge in [-0.25, -0.2) is 9.13 Å². The van der Waals surface area contributed by atoms with E-state index >= 15 is 0 Å². The summed E-state index contributed by atoms with van der Waals surface area (Å²) in [6, 6.07) is 0. The Morgan fingerprint density at radius 3 is 2.00 bits per heavy atom. The quantitative estimate of drug-likeness (QED) is 0.522. The van der Waals surface area contributed by atoms with Gasteiger partial charge in [0.2, 0.25) is 0 Å². The smallest absolute Gasteiger partial charge is 0.237 e. The molecule has 0 bridgehead atoms. The summed E-state index contributed by atoms with van der Waals surface area (Å²) in [7, 11) is -2.16. The zero-order valence-corrected chi connectivity index (χ0v) is 5.44. The summed E-state index contributed by atoms with van der Waals surface area (Å²) in [5, 5.41) is 0. The maximum atomic E-state index is 9.97. The maximum absolute atomic E-state index is 9.97. The van der Waals surface area contributed by atoms with E-state index in [-0.39, 0.29) is 5.66 Å². The Hall–Kier alpha value is -0.100. The second-order valence-corrected chi connectivity index (χ2v) is 2.99. The molecule has 1 atom stereocenters. The summed E-state index contributed by atoms with van der Waals surface area (Å²) in [5.41, 5.74) is -0.144. The molecule has 0 fully saturated rings. The molecule has 2 nitrogen and oxygen atoms in total. The molecule has 0 saturated heterocycles. The van der Waals surface area contributed by atoms with Gasteiger partial charge in [-0.05, 0) is 13.3 Å². The third kappa shape index (κ3) is 2.58. The van der Waals surface area contributed by atoms with E-state index in [0.29, 0.717) is 0 Å². The van der Waals surface area contributed by atoms with Crippen LogP contribution in [0.3, 0.4) is 0 Å². The highest BCUT2D eigenvalue weighted by molar-refractivity contribution is 7.31. The van der Waals surface area contributed by atoms with Crippen LogP contribution in [0.2, 0.25) is 0 Å². The van der Waals surface area contributed by atoms with Crippen molar-refractivity contribution in [3.05, 3.63) is 0 Å². The van der Waals surface area contributed by atoms with Crippen molar-refractivity contribution in [3.63, 3.8) is 0 Å². The zero-order chi connectivity index (χ0) is 5.86. The number of hydrogen-bond acceptors (Lipinski definition) is 2. The fraction of sp³-hybridized carbons (Fsp3) is 1.00. The monoisotopic (exact) mass is 120 g/mol. The first-order chi connectivity index (χ1) is 3.18. The van der Waals surface area contributed by atoms with Gasteiger partial charge in [-0.15, -0.1) is 0 Å². The van der Waals surface area contributed by atoms with Crippen LogP contribution in [-0.4, -0.2) is 5.66 Å². The van der Waals surface area contributed by atoms with Crippen LogP contribution < -0.4 is 0 Å². The van der Waals surface area contributed by atoms with Crippen molar-refractivity contribution < 1.29 is 9.13 Å². The van der Waals surface area contributed by atoms with Crippen LogP contribution in [0.4, 0.5) is 0 Å². The molecule has 0 radical (unpaired) electrons. The molecule has 0 rings (SSSR count). The lowest BCUT2D eigenvalue weighted by molar-refractivity contribution is 0.505. The molecule has 0 spiro atoms. The van der Waals surface area contributed by atoms with Crippen LogP contribution in [0.1, 0.15) is 20.3 Å². The van der Waals surface area contributed by atoms with E-state index in [9.17, 15) is 9.13 Å². The van der Waals surface area contributed by atoms with Crippen molar-refractivity contribution >= 4 is 7.68 Å². The molecule has 0 amide bonds. The van der Waals surface area contributed by atoms with Gasteiger partial charge in [-0.1, -0.05) is 6.92 Å². The van der Waals surface area contributed by atoms with E-state index in [2.05, 4.69) is 0 Å². The van der Waals surface area contributed by atoms with Crippen molar-refractivity contribution in [3.8, 4) is 0 Å². The predicted molar refractivity (Wildman–Crippen MR) is 28.0 cm³/mol. The Balaban J connectivity index is 3.57. The minimum Gasteiger partial charge on any atom is -0.237 e. The van der Waals surface area contributed by atoms with Crippen LogP contribution >= 0.6 is 7.68 Å². The van der Waals surface area contributed by atoms with Gasteiger partial charge in [0.25, 0.3) is 0 Å². The van der Waals surface area contributed by atoms with Gasteiger partial charge in [0, 0.05) is 0 Å². The molecular weight excluding hydrogens is 111 g/mol. The summed E-state index contributed by atoms with van der Waals surface area (Å²) in [4.78, 5) is 0. The summed E-state index contributed by atoms with van der Waals surface area (Å²) in [6.07, 6.45) is 0.721. The number of rotatable bonds is 2. The fourth-order valence-corrected chi connectivity index (χ4v) is 0.447. The van der Waals surface area contributed by atoms with Crippen LogP contribution in [-0.2, 0) is 9.13 Å². The highest BCUT2D eigenvalue weighted by Crippen LogP contribution is 2.15. The summed E-state index contributed by atoms with van der Waals surface area (Å²) in [5.74, 6) is 0. The minimum atomic E-state index is -2.16. The Morgan fingerprint density at radius 1 is 1.57 bits per heavy atom. The van der Waals surface area contributed by atoms with Gasteiger partial charge in [-0.2, -0.15) is 0 Å². The third-order valence-electron chi connectivity index (χ3n) is 0.951. The molecule has 1 unspecified atom stereocenters. The van der Waals surface area contributed by atoms with Gasteiger partial charge in [-0.3, -0.25) is 0 Å². The summed E-state index contributed by atoms with van der Waals surface area (Å²) >= 11 is 0. The molecule has 0 aromatic rings. The third-order valence-corrected chi connectivity index (χ3v) is 2.04. The van der Waals surface area contributed by atoms with E-state index in [0.717, 1.165) is 6.42 Å². The Labute approximate surface area is 43.7 Å². The lowest BCUT2D eigenvalue weighted by Crippen LogP contribution is -1.85. The first-order valence-electron chi connectivity index (χ1n) is 2.32. The van der Waals surface area contributed by atoms with Gasteiger partial charge >= 0.3 is 7.68 Å². The van der Waals surface area contributed by atoms with Crippen molar-refractivity contribution in [1.82, 2.24) is 0 Å². The van der Waals surface area contributed by atoms with Crippen molar-refractivity contribution in [1.29, 1.82) is 0 Å². The van der Waals surface area contributed by atoms with Crippen molar-refractivity contribution in [2.24, 2.45) is 0 Å². The van der Waals surface area contributed by atoms with E-state index in [4.69, 9.17) is 0 Å². The average molecular weight is 120 g/mol. The average Bonchev–Trinajstić information content (AvgIpc) is 1.65. The van der Waals surface area contributed by atoms with Crippen LogP contribution in [0.15, 0.2) is 0 Å². The first-order valence-corrected chi connectivity index (χ1v) is 3.56. The van der Waals surface area contributed by atoms with Gasteiger partial charge < -0.3 is 0 Å². The van der Waals surface area contributed by atoms with Crippen molar-refractivity contribution in [2.75, 3.05) is 0 Å². The second-order valence-electron chi connectivity index (χ2n) is 1.54. The molecule has 0 aliphatic carbocycles. The van der Waals surface area contributed by atoms with Gasteiger partial charge in [0.15, 0.2) is 0 Å². The van der Waals surface area contributed by atoms with Gasteiger partial charge in [0.1, 0.15) is 0 Å². The molecule has 0 saturated carbocycles. The lowest BCUT2D eigenvalue weighted by Gasteiger charge is -1.88. The zero-order valence-electron chi connectivity index (χ0n) is 4.55. The van der Waals surface area contributed by atoms with E-state index in [1.54, 1.807) is 6.92 Å². The fourth-order valence-electron chi connectivity index (χ4n) is 0.149. The Morgan fingerprint density at radius 2 is 2.00 bits per heavy atom. The Bertz CT molecular complexity index is 98.3. The molecule has 3 heteroatoms. The molecule has 7 heavy (non-hydrogen) atoms. The summed E-state index contributed by atoms with van der Waals surface area (Å²) in [6.45, 7) is 3.56. The van der Waals surface area contributed by atoms with Crippen LogP contribution in [0.25, 0.3) is 0 Å². The molecular formula is C4H9O2P. The van der Waals surface area contributed by atoms with Gasteiger partial charge in [0.05, 0.1) is 5.66 Å².